The van der Waals surface area contributed by atoms with E-state index in [-0.39, 0.29) is 11.2 Å². The molecule has 1 saturated carbocycles. The van der Waals surface area contributed by atoms with Gasteiger partial charge in [-0.05, 0) is 19.3 Å². The Morgan fingerprint density at radius 3 is 2.63 bits per heavy atom. The first-order valence-electron chi connectivity index (χ1n) is 7.49. The Morgan fingerprint density at radius 1 is 1.37 bits per heavy atom. The van der Waals surface area contributed by atoms with Crippen molar-refractivity contribution in [2.24, 2.45) is 11.1 Å². The maximum absolute atomic E-state index is 12.9. The highest BCUT2D eigenvalue weighted by Gasteiger charge is 2.39. The SMILES string of the molecule is CCCn1ccnc1C(=O)C1(CN)CCCCCC1. The van der Waals surface area contributed by atoms with Crippen LogP contribution < -0.4 is 5.73 Å². The first-order valence-corrected chi connectivity index (χ1v) is 7.49. The number of hydrogen-bond donors (Lipinski definition) is 1. The molecule has 0 spiro atoms. The number of ketones is 1. The minimum absolute atomic E-state index is 0.162. The third kappa shape index (κ3) is 2.89. The summed E-state index contributed by atoms with van der Waals surface area (Å²) in [6.07, 6.45) is 11.1. The molecule has 0 aromatic carbocycles. The highest BCUT2D eigenvalue weighted by atomic mass is 16.1. The van der Waals surface area contributed by atoms with Crippen molar-refractivity contribution in [1.29, 1.82) is 0 Å². The molecule has 19 heavy (non-hydrogen) atoms. The summed E-state index contributed by atoms with van der Waals surface area (Å²) in [6.45, 7) is 3.41. The van der Waals surface area contributed by atoms with E-state index in [0.29, 0.717) is 12.4 Å². The van der Waals surface area contributed by atoms with E-state index in [0.717, 1.165) is 38.6 Å². The van der Waals surface area contributed by atoms with Crippen LogP contribution in [0.25, 0.3) is 0 Å². The van der Waals surface area contributed by atoms with Crippen molar-refractivity contribution in [3.05, 3.63) is 18.2 Å². The lowest BCUT2D eigenvalue weighted by atomic mass is 9.76. The van der Waals surface area contributed by atoms with Gasteiger partial charge in [0.25, 0.3) is 0 Å². The standard InChI is InChI=1S/C15H25N3O/c1-2-10-18-11-9-17-14(18)13(19)15(12-16)7-5-3-4-6-8-15/h9,11H,2-8,10,12,16H2,1H3. The summed E-state index contributed by atoms with van der Waals surface area (Å²) >= 11 is 0. The molecule has 0 saturated heterocycles. The summed E-state index contributed by atoms with van der Waals surface area (Å²) < 4.78 is 1.98. The first kappa shape index (κ1) is 14.3. The van der Waals surface area contributed by atoms with Crippen molar-refractivity contribution in [2.45, 2.75) is 58.4 Å². The van der Waals surface area contributed by atoms with Gasteiger partial charge in [0, 0.05) is 30.9 Å². The molecule has 1 aliphatic carbocycles. The maximum Gasteiger partial charge on any atom is 0.205 e. The van der Waals surface area contributed by atoms with Crippen LogP contribution in [0.4, 0.5) is 0 Å². The topological polar surface area (TPSA) is 60.9 Å². The average molecular weight is 263 g/mol. The molecule has 1 heterocycles. The molecule has 0 radical (unpaired) electrons. The van der Waals surface area contributed by atoms with Gasteiger partial charge in [0.15, 0.2) is 5.82 Å². The van der Waals surface area contributed by atoms with Crippen molar-refractivity contribution in [2.75, 3.05) is 6.54 Å². The summed E-state index contributed by atoms with van der Waals surface area (Å²) in [7, 11) is 0. The molecule has 1 aromatic heterocycles. The molecule has 0 atom stereocenters. The van der Waals surface area contributed by atoms with E-state index in [4.69, 9.17) is 5.73 Å². The van der Waals surface area contributed by atoms with Crippen molar-refractivity contribution < 1.29 is 4.79 Å². The number of aromatic nitrogens is 2. The third-order valence-electron chi connectivity index (χ3n) is 4.32. The molecule has 106 valence electrons. The molecule has 4 heteroatoms. The van der Waals surface area contributed by atoms with Gasteiger partial charge in [-0.1, -0.05) is 32.6 Å². The summed E-state index contributed by atoms with van der Waals surface area (Å²) in [5, 5.41) is 0. The summed E-state index contributed by atoms with van der Waals surface area (Å²) in [4.78, 5) is 17.2. The molecule has 1 aliphatic rings. The second-order valence-corrected chi connectivity index (χ2v) is 5.67. The number of aryl methyl sites for hydroxylation is 1. The van der Waals surface area contributed by atoms with Crippen molar-refractivity contribution in [3.63, 3.8) is 0 Å². The molecule has 0 bridgehead atoms. The predicted octanol–water partition coefficient (Wildman–Crippen LogP) is 2.78. The predicted molar refractivity (Wildman–Crippen MR) is 76.0 cm³/mol. The van der Waals surface area contributed by atoms with Crippen LogP contribution in [0, 0.1) is 5.41 Å². The Bertz CT molecular complexity index is 417. The van der Waals surface area contributed by atoms with E-state index < -0.39 is 0 Å². The highest BCUT2D eigenvalue weighted by molar-refractivity contribution is 5.97. The van der Waals surface area contributed by atoms with E-state index in [1.54, 1.807) is 6.20 Å². The molecule has 0 amide bonds. The van der Waals surface area contributed by atoms with Crippen LogP contribution in [-0.4, -0.2) is 21.9 Å². The van der Waals surface area contributed by atoms with E-state index in [1.807, 2.05) is 10.8 Å². The van der Waals surface area contributed by atoms with Crippen molar-refractivity contribution in [3.8, 4) is 0 Å². The fourth-order valence-corrected chi connectivity index (χ4v) is 3.11. The van der Waals surface area contributed by atoms with E-state index in [2.05, 4.69) is 11.9 Å². The molecule has 0 unspecified atom stereocenters. The molecular weight excluding hydrogens is 238 g/mol. The average Bonchev–Trinajstić information content (AvgIpc) is 2.74. The summed E-state index contributed by atoms with van der Waals surface area (Å²) in [5.74, 6) is 0.768. The zero-order valence-corrected chi connectivity index (χ0v) is 11.9. The minimum Gasteiger partial charge on any atom is -0.329 e. The Labute approximate surface area is 115 Å². The van der Waals surface area contributed by atoms with Gasteiger partial charge in [0.05, 0.1) is 0 Å². The fourth-order valence-electron chi connectivity index (χ4n) is 3.11. The Hall–Kier alpha value is -1.16. The van der Waals surface area contributed by atoms with Gasteiger partial charge in [-0.25, -0.2) is 4.98 Å². The van der Waals surface area contributed by atoms with Crippen LogP contribution in [0.5, 0.6) is 0 Å². The van der Waals surface area contributed by atoms with Crippen LogP contribution >= 0.6 is 0 Å². The number of nitrogens with two attached hydrogens (primary N) is 1. The molecule has 2 N–H and O–H groups in total. The zero-order valence-electron chi connectivity index (χ0n) is 11.9. The molecule has 2 rings (SSSR count). The number of carbonyl (C=O) groups is 1. The Kier molecular flexibility index (Phi) is 4.75. The van der Waals surface area contributed by atoms with Gasteiger partial charge < -0.3 is 10.3 Å². The molecule has 1 fully saturated rings. The number of nitrogens with zero attached hydrogens (tertiary/aromatic N) is 2. The van der Waals surface area contributed by atoms with Crippen LogP contribution in [-0.2, 0) is 6.54 Å². The molecule has 0 aliphatic heterocycles. The van der Waals surface area contributed by atoms with E-state index in [1.165, 1.54) is 12.8 Å². The van der Waals surface area contributed by atoms with Crippen molar-refractivity contribution >= 4 is 5.78 Å². The zero-order chi connectivity index (χ0) is 13.7. The largest absolute Gasteiger partial charge is 0.329 e. The van der Waals surface area contributed by atoms with Crippen LogP contribution in [0.15, 0.2) is 12.4 Å². The third-order valence-corrected chi connectivity index (χ3v) is 4.32. The van der Waals surface area contributed by atoms with Gasteiger partial charge in [0.2, 0.25) is 5.78 Å². The van der Waals surface area contributed by atoms with Crippen LogP contribution in [0.1, 0.15) is 62.5 Å². The fraction of sp³-hybridized carbons (Fsp3) is 0.733. The maximum atomic E-state index is 12.9. The molecular formula is C15H25N3O. The van der Waals surface area contributed by atoms with Gasteiger partial charge in [-0.3, -0.25) is 4.79 Å². The van der Waals surface area contributed by atoms with E-state index in [9.17, 15) is 4.79 Å². The Morgan fingerprint density at radius 2 is 2.05 bits per heavy atom. The smallest absolute Gasteiger partial charge is 0.205 e. The summed E-state index contributed by atoms with van der Waals surface area (Å²) in [6, 6.07) is 0. The van der Waals surface area contributed by atoms with Crippen LogP contribution in [0.3, 0.4) is 0 Å². The van der Waals surface area contributed by atoms with Gasteiger partial charge >= 0.3 is 0 Å². The van der Waals surface area contributed by atoms with Crippen molar-refractivity contribution in [1.82, 2.24) is 9.55 Å². The van der Waals surface area contributed by atoms with Gasteiger partial charge in [-0.2, -0.15) is 0 Å². The number of Topliss-reactive ketones (excluding diaryl/α,β-unsaturated/α-hetero) is 1. The minimum atomic E-state index is -0.368. The monoisotopic (exact) mass is 263 g/mol. The summed E-state index contributed by atoms with van der Waals surface area (Å²) in [5.41, 5.74) is 5.61. The number of imidazole rings is 1. The second-order valence-electron chi connectivity index (χ2n) is 5.67. The van der Waals surface area contributed by atoms with E-state index >= 15 is 0 Å². The highest BCUT2D eigenvalue weighted by Crippen LogP contribution is 2.36. The Balaban J connectivity index is 2.26. The molecule has 1 aromatic rings. The normalized spacial score (nSPS) is 19.1. The van der Waals surface area contributed by atoms with Gasteiger partial charge in [0.1, 0.15) is 0 Å². The van der Waals surface area contributed by atoms with Crippen LogP contribution in [0.2, 0.25) is 0 Å². The lowest BCUT2D eigenvalue weighted by molar-refractivity contribution is 0.0757. The number of carbonyl (C=O) groups excluding carboxylic acids is 1. The lowest BCUT2D eigenvalue weighted by Crippen LogP contribution is -2.39. The second kappa shape index (κ2) is 6.33. The quantitative estimate of drug-likeness (QED) is 0.656. The first-order chi connectivity index (χ1) is 9.23. The molecule has 4 nitrogen and oxygen atoms in total. The number of rotatable bonds is 5. The lowest BCUT2D eigenvalue weighted by Gasteiger charge is -2.29. The number of hydrogen-bond acceptors (Lipinski definition) is 3. The van der Waals surface area contributed by atoms with Gasteiger partial charge in [-0.15, -0.1) is 0 Å².